The minimum absolute atomic E-state index is 0.0123. The quantitative estimate of drug-likeness (QED) is 0.778. The topological polar surface area (TPSA) is 51.1 Å². The molecule has 146 valence electrons. The van der Waals surface area contributed by atoms with Crippen LogP contribution in [0.1, 0.15) is 32.9 Å². The molecule has 0 aromatic carbocycles. The molecule has 2 aromatic heterocycles. The average Bonchev–Trinajstić information content (AvgIpc) is 2.64. The first-order chi connectivity index (χ1) is 12.6. The van der Waals surface area contributed by atoms with Crippen molar-refractivity contribution in [2.24, 2.45) is 5.41 Å². The first-order valence-electron chi connectivity index (χ1n) is 8.85. The molecule has 5 nitrogen and oxygen atoms in total. The Morgan fingerprint density at radius 2 is 2.04 bits per heavy atom. The molecule has 2 atom stereocenters. The Hall–Kier alpha value is -2.22. The number of hydrogen-bond acceptors (Lipinski definition) is 5. The first kappa shape index (κ1) is 19.5. The highest BCUT2D eigenvalue weighted by atomic mass is 19.4. The fraction of sp³-hybridized carbons (Fsp3) is 0.526. The van der Waals surface area contributed by atoms with Gasteiger partial charge in [-0.3, -0.25) is 4.98 Å². The van der Waals surface area contributed by atoms with Gasteiger partial charge in [0.25, 0.3) is 0 Å². The highest BCUT2D eigenvalue weighted by Gasteiger charge is 2.51. The summed E-state index contributed by atoms with van der Waals surface area (Å²) in [4.78, 5) is 13.9. The minimum Gasteiger partial charge on any atom is -0.378 e. The molecule has 1 aliphatic carbocycles. The molecule has 2 heterocycles. The summed E-state index contributed by atoms with van der Waals surface area (Å²) in [5.41, 5.74) is -0.710. The lowest BCUT2D eigenvalue weighted by Gasteiger charge is -2.55. The van der Waals surface area contributed by atoms with Gasteiger partial charge >= 0.3 is 6.18 Å². The van der Waals surface area contributed by atoms with Gasteiger partial charge in [-0.15, -0.1) is 0 Å². The van der Waals surface area contributed by atoms with Crippen LogP contribution < -0.4 is 4.90 Å². The van der Waals surface area contributed by atoms with E-state index in [4.69, 9.17) is 4.74 Å². The lowest BCUT2D eigenvalue weighted by atomic mass is 9.64. The summed E-state index contributed by atoms with van der Waals surface area (Å²) >= 11 is 0. The Balaban J connectivity index is 1.98. The second kappa shape index (κ2) is 7.07. The van der Waals surface area contributed by atoms with Gasteiger partial charge in [0.05, 0.1) is 6.10 Å². The standard InChI is InChI=1S/C19H23F3N4O/c1-5-27-15-10-14(18(15,2)3)26(4)16-9-13(19(20,21)22)24-17(25-16)12-7-6-8-23-11-12/h6-9,11,14-15H,5,10H2,1-4H3/t14-,15+/m1/s1. The van der Waals surface area contributed by atoms with E-state index in [1.54, 1.807) is 30.3 Å². The third-order valence-electron chi connectivity index (χ3n) is 5.25. The summed E-state index contributed by atoms with van der Waals surface area (Å²) in [5.74, 6) is 0.252. The molecular weight excluding hydrogens is 357 g/mol. The van der Waals surface area contributed by atoms with Crippen molar-refractivity contribution in [3.63, 3.8) is 0 Å². The Morgan fingerprint density at radius 1 is 1.30 bits per heavy atom. The van der Waals surface area contributed by atoms with Crippen LogP contribution in [0.25, 0.3) is 11.4 Å². The van der Waals surface area contributed by atoms with Crippen LogP contribution in [0, 0.1) is 5.41 Å². The van der Waals surface area contributed by atoms with Crippen molar-refractivity contribution in [3.05, 3.63) is 36.3 Å². The van der Waals surface area contributed by atoms with Crippen molar-refractivity contribution in [2.75, 3.05) is 18.6 Å². The van der Waals surface area contributed by atoms with Gasteiger partial charge in [0.15, 0.2) is 11.5 Å². The number of halogens is 3. The molecule has 1 aliphatic rings. The van der Waals surface area contributed by atoms with E-state index in [1.807, 2.05) is 6.92 Å². The molecule has 1 saturated carbocycles. The van der Waals surface area contributed by atoms with E-state index in [2.05, 4.69) is 28.8 Å². The van der Waals surface area contributed by atoms with Gasteiger partial charge in [-0.25, -0.2) is 9.97 Å². The number of aromatic nitrogens is 3. The van der Waals surface area contributed by atoms with Crippen LogP contribution in [0.2, 0.25) is 0 Å². The number of alkyl halides is 3. The van der Waals surface area contributed by atoms with E-state index in [0.717, 1.165) is 12.5 Å². The Morgan fingerprint density at radius 3 is 2.59 bits per heavy atom. The van der Waals surface area contributed by atoms with Crippen LogP contribution in [0.4, 0.5) is 19.0 Å². The minimum atomic E-state index is -4.56. The van der Waals surface area contributed by atoms with Gasteiger partial charge in [-0.2, -0.15) is 13.2 Å². The van der Waals surface area contributed by atoms with Crippen molar-refractivity contribution in [1.82, 2.24) is 15.0 Å². The van der Waals surface area contributed by atoms with E-state index in [0.29, 0.717) is 12.2 Å². The average molecular weight is 380 g/mol. The van der Waals surface area contributed by atoms with Crippen LogP contribution in [0.5, 0.6) is 0 Å². The summed E-state index contributed by atoms with van der Waals surface area (Å²) in [5, 5.41) is 0. The number of anilines is 1. The monoisotopic (exact) mass is 380 g/mol. The number of rotatable bonds is 5. The molecule has 3 rings (SSSR count). The third kappa shape index (κ3) is 3.76. The molecule has 0 amide bonds. The van der Waals surface area contributed by atoms with Crippen LogP contribution in [-0.4, -0.2) is 40.8 Å². The van der Waals surface area contributed by atoms with E-state index < -0.39 is 11.9 Å². The summed E-state index contributed by atoms with van der Waals surface area (Å²) in [6.07, 6.45) is -0.729. The van der Waals surface area contributed by atoms with Gasteiger partial charge in [-0.1, -0.05) is 13.8 Å². The van der Waals surface area contributed by atoms with Crippen LogP contribution >= 0.6 is 0 Å². The molecular formula is C19H23F3N4O. The molecule has 0 N–H and O–H groups in total. The third-order valence-corrected chi connectivity index (χ3v) is 5.25. The number of ether oxygens (including phenoxy) is 1. The predicted molar refractivity (Wildman–Crippen MR) is 96.3 cm³/mol. The van der Waals surface area contributed by atoms with Crippen LogP contribution in [-0.2, 0) is 10.9 Å². The van der Waals surface area contributed by atoms with Gasteiger partial charge in [-0.05, 0) is 25.5 Å². The Labute approximate surface area is 156 Å². The maximum Gasteiger partial charge on any atom is 0.433 e. The number of nitrogens with zero attached hydrogens (tertiary/aromatic N) is 4. The second-order valence-corrected chi connectivity index (χ2v) is 7.30. The summed E-state index contributed by atoms with van der Waals surface area (Å²) in [6.45, 7) is 6.67. The maximum absolute atomic E-state index is 13.4. The first-order valence-corrected chi connectivity index (χ1v) is 8.85. The maximum atomic E-state index is 13.4. The zero-order valence-corrected chi connectivity index (χ0v) is 15.8. The second-order valence-electron chi connectivity index (χ2n) is 7.30. The molecule has 0 spiro atoms. The molecule has 8 heteroatoms. The lowest BCUT2D eigenvalue weighted by molar-refractivity contribution is -0.141. The Kier molecular flexibility index (Phi) is 5.12. The van der Waals surface area contributed by atoms with Gasteiger partial charge in [0.2, 0.25) is 0 Å². The molecule has 27 heavy (non-hydrogen) atoms. The molecule has 2 aromatic rings. The van der Waals surface area contributed by atoms with Crippen molar-refractivity contribution < 1.29 is 17.9 Å². The lowest BCUT2D eigenvalue weighted by Crippen LogP contribution is -2.61. The van der Waals surface area contributed by atoms with Gasteiger partial charge < -0.3 is 9.64 Å². The largest absolute Gasteiger partial charge is 0.433 e. The van der Waals surface area contributed by atoms with Crippen LogP contribution in [0.15, 0.2) is 30.6 Å². The van der Waals surface area contributed by atoms with Gasteiger partial charge in [0, 0.05) is 49.1 Å². The molecule has 1 fully saturated rings. The van der Waals surface area contributed by atoms with Gasteiger partial charge in [0.1, 0.15) is 5.82 Å². The van der Waals surface area contributed by atoms with Crippen molar-refractivity contribution in [1.29, 1.82) is 0 Å². The molecule has 0 aliphatic heterocycles. The number of hydrogen-bond donors (Lipinski definition) is 0. The zero-order chi connectivity index (χ0) is 19.8. The molecule has 0 saturated heterocycles. The van der Waals surface area contributed by atoms with E-state index in [-0.39, 0.29) is 29.2 Å². The molecule has 0 bridgehead atoms. The smallest absolute Gasteiger partial charge is 0.378 e. The van der Waals surface area contributed by atoms with Crippen LogP contribution in [0.3, 0.4) is 0 Å². The normalized spacial score (nSPS) is 21.6. The van der Waals surface area contributed by atoms with Crippen molar-refractivity contribution in [2.45, 2.75) is 45.5 Å². The summed E-state index contributed by atoms with van der Waals surface area (Å²) < 4.78 is 45.9. The van der Waals surface area contributed by atoms with Crippen molar-refractivity contribution >= 4 is 5.82 Å². The van der Waals surface area contributed by atoms with E-state index in [1.165, 1.54) is 6.20 Å². The SMILES string of the molecule is CCO[C@H]1C[C@@H](N(C)c2cc(C(F)(F)F)nc(-c3cccnc3)n2)C1(C)C. The summed E-state index contributed by atoms with van der Waals surface area (Å²) in [7, 11) is 1.77. The highest BCUT2D eigenvalue weighted by molar-refractivity contribution is 5.57. The number of pyridine rings is 1. The fourth-order valence-corrected chi connectivity index (χ4v) is 3.55. The zero-order valence-electron chi connectivity index (χ0n) is 15.8. The fourth-order valence-electron chi connectivity index (χ4n) is 3.55. The van der Waals surface area contributed by atoms with E-state index in [9.17, 15) is 13.2 Å². The molecule has 0 unspecified atom stereocenters. The molecule has 0 radical (unpaired) electrons. The highest BCUT2D eigenvalue weighted by Crippen LogP contribution is 2.46. The Bertz CT molecular complexity index is 795. The van der Waals surface area contributed by atoms with E-state index >= 15 is 0 Å². The predicted octanol–water partition coefficient (Wildman–Crippen LogP) is 4.20. The summed E-state index contributed by atoms with van der Waals surface area (Å²) in [6, 6.07) is 4.31. The van der Waals surface area contributed by atoms with Crippen molar-refractivity contribution in [3.8, 4) is 11.4 Å².